The van der Waals surface area contributed by atoms with Crippen LogP contribution < -0.4 is 5.32 Å². The SMILES string of the molecule is CSc1ccc(NC(=O)C(=O)N2CCC(c3ccnc4ccc(F)cc34)CC2)cc1. The molecule has 7 heteroatoms. The van der Waals surface area contributed by atoms with E-state index in [-0.39, 0.29) is 11.7 Å². The summed E-state index contributed by atoms with van der Waals surface area (Å²) in [4.78, 5) is 31.9. The zero-order valence-electron chi connectivity index (χ0n) is 16.6. The van der Waals surface area contributed by atoms with Crippen LogP contribution >= 0.6 is 11.8 Å². The van der Waals surface area contributed by atoms with Gasteiger partial charge < -0.3 is 10.2 Å². The van der Waals surface area contributed by atoms with Crippen molar-refractivity contribution < 1.29 is 14.0 Å². The number of piperidine rings is 1. The molecule has 3 aromatic rings. The predicted molar refractivity (Wildman–Crippen MR) is 117 cm³/mol. The van der Waals surface area contributed by atoms with Crippen LogP contribution in [0.4, 0.5) is 10.1 Å². The maximum atomic E-state index is 13.7. The van der Waals surface area contributed by atoms with Crippen molar-refractivity contribution in [3.05, 3.63) is 66.1 Å². The number of nitrogens with one attached hydrogen (secondary N) is 1. The minimum Gasteiger partial charge on any atom is -0.334 e. The number of fused-ring (bicyclic) bond motifs is 1. The van der Waals surface area contributed by atoms with Gasteiger partial charge in [0.15, 0.2) is 0 Å². The Balaban J connectivity index is 1.40. The Hall–Kier alpha value is -2.93. The van der Waals surface area contributed by atoms with Crippen molar-refractivity contribution in [2.75, 3.05) is 24.7 Å². The van der Waals surface area contributed by atoms with E-state index in [1.54, 1.807) is 41.1 Å². The van der Waals surface area contributed by atoms with Crippen molar-refractivity contribution in [3.8, 4) is 0 Å². The Morgan fingerprint density at radius 3 is 2.53 bits per heavy atom. The molecular weight excluding hydrogens is 401 g/mol. The van der Waals surface area contributed by atoms with Crippen LogP contribution in [0.15, 0.2) is 59.6 Å². The zero-order valence-corrected chi connectivity index (χ0v) is 17.4. The highest BCUT2D eigenvalue weighted by atomic mass is 32.2. The van der Waals surface area contributed by atoms with E-state index in [0.29, 0.717) is 18.8 Å². The van der Waals surface area contributed by atoms with E-state index in [2.05, 4.69) is 10.3 Å². The van der Waals surface area contributed by atoms with Crippen LogP contribution in [-0.4, -0.2) is 41.0 Å². The molecule has 0 atom stereocenters. The van der Waals surface area contributed by atoms with Gasteiger partial charge in [0.1, 0.15) is 5.82 Å². The van der Waals surface area contributed by atoms with Gasteiger partial charge in [0, 0.05) is 35.3 Å². The average molecular weight is 424 g/mol. The highest BCUT2D eigenvalue weighted by Crippen LogP contribution is 2.32. The number of amides is 2. The van der Waals surface area contributed by atoms with Gasteiger partial charge in [-0.15, -0.1) is 11.8 Å². The van der Waals surface area contributed by atoms with E-state index in [1.165, 1.54) is 12.1 Å². The Morgan fingerprint density at radius 2 is 1.83 bits per heavy atom. The average Bonchev–Trinajstić information content (AvgIpc) is 2.78. The number of rotatable bonds is 3. The molecule has 1 aliphatic rings. The lowest BCUT2D eigenvalue weighted by Gasteiger charge is -2.32. The summed E-state index contributed by atoms with van der Waals surface area (Å²) in [5, 5.41) is 3.49. The normalized spacial score (nSPS) is 14.7. The van der Waals surface area contributed by atoms with E-state index in [0.717, 1.165) is 34.2 Å². The summed E-state index contributed by atoms with van der Waals surface area (Å²) >= 11 is 1.61. The summed E-state index contributed by atoms with van der Waals surface area (Å²) in [6.45, 7) is 0.975. The molecule has 5 nitrogen and oxygen atoms in total. The molecule has 30 heavy (non-hydrogen) atoms. The molecule has 1 aromatic heterocycles. The molecule has 0 spiro atoms. The van der Waals surface area contributed by atoms with Gasteiger partial charge in [0.05, 0.1) is 5.52 Å². The molecule has 154 valence electrons. The topological polar surface area (TPSA) is 62.3 Å². The number of hydrogen-bond acceptors (Lipinski definition) is 4. The van der Waals surface area contributed by atoms with Gasteiger partial charge in [-0.05, 0) is 79.1 Å². The number of carbonyl (C=O) groups excluding carboxylic acids is 2. The highest BCUT2D eigenvalue weighted by molar-refractivity contribution is 7.98. The van der Waals surface area contributed by atoms with E-state index in [1.807, 2.05) is 24.5 Å². The molecule has 0 aliphatic carbocycles. The largest absolute Gasteiger partial charge is 0.334 e. The molecule has 1 aliphatic heterocycles. The highest BCUT2D eigenvalue weighted by Gasteiger charge is 2.28. The zero-order chi connectivity index (χ0) is 21.1. The molecule has 0 unspecified atom stereocenters. The summed E-state index contributed by atoms with van der Waals surface area (Å²) in [7, 11) is 0. The van der Waals surface area contributed by atoms with E-state index >= 15 is 0 Å². The second-order valence-electron chi connectivity index (χ2n) is 7.31. The number of thioether (sulfide) groups is 1. The maximum Gasteiger partial charge on any atom is 0.313 e. The molecular formula is C23H22FN3O2S. The second-order valence-corrected chi connectivity index (χ2v) is 8.19. The first kappa shape index (κ1) is 20.3. The van der Waals surface area contributed by atoms with Crippen LogP contribution in [0.2, 0.25) is 0 Å². The number of halogens is 1. The number of hydrogen-bond donors (Lipinski definition) is 1. The maximum absolute atomic E-state index is 13.7. The molecule has 4 rings (SSSR count). The molecule has 1 saturated heterocycles. The summed E-state index contributed by atoms with van der Waals surface area (Å²) in [5.74, 6) is -1.23. The standard InChI is InChI=1S/C23H22FN3O2S/c1-30-18-5-3-17(4-6-18)26-22(28)23(29)27-12-9-15(10-13-27)19-8-11-25-21-7-2-16(24)14-20(19)21/h2-8,11,14-15H,9-10,12-13H2,1H3,(H,26,28). The van der Waals surface area contributed by atoms with Crippen molar-refractivity contribution in [2.24, 2.45) is 0 Å². The molecule has 1 N–H and O–H groups in total. The lowest BCUT2D eigenvalue weighted by molar-refractivity contribution is -0.143. The van der Waals surface area contributed by atoms with Gasteiger partial charge in [0.25, 0.3) is 0 Å². The summed E-state index contributed by atoms with van der Waals surface area (Å²) in [5.41, 5.74) is 2.41. The van der Waals surface area contributed by atoms with Gasteiger partial charge in [0.2, 0.25) is 0 Å². The number of benzene rings is 2. The predicted octanol–water partition coefficient (Wildman–Crippen LogP) is 4.44. The van der Waals surface area contributed by atoms with Crippen molar-refractivity contribution in [1.82, 2.24) is 9.88 Å². The molecule has 0 bridgehead atoms. The minimum atomic E-state index is -0.623. The number of carbonyl (C=O) groups is 2. The molecule has 1 fully saturated rings. The van der Waals surface area contributed by atoms with Crippen LogP contribution in [-0.2, 0) is 9.59 Å². The van der Waals surface area contributed by atoms with Gasteiger partial charge in [-0.2, -0.15) is 0 Å². The van der Waals surface area contributed by atoms with Gasteiger partial charge >= 0.3 is 11.8 Å². The van der Waals surface area contributed by atoms with E-state index in [4.69, 9.17) is 0 Å². The first-order chi connectivity index (χ1) is 14.5. The van der Waals surface area contributed by atoms with Crippen molar-refractivity contribution in [1.29, 1.82) is 0 Å². The fourth-order valence-electron chi connectivity index (χ4n) is 3.89. The van der Waals surface area contributed by atoms with Gasteiger partial charge in [-0.1, -0.05) is 0 Å². The first-order valence-corrected chi connectivity index (χ1v) is 11.1. The van der Waals surface area contributed by atoms with E-state index in [9.17, 15) is 14.0 Å². The monoisotopic (exact) mass is 423 g/mol. The van der Waals surface area contributed by atoms with Crippen LogP contribution in [0.25, 0.3) is 10.9 Å². The lowest BCUT2D eigenvalue weighted by atomic mass is 9.87. The van der Waals surface area contributed by atoms with Gasteiger partial charge in [-0.25, -0.2) is 4.39 Å². The first-order valence-electron chi connectivity index (χ1n) is 9.83. The van der Waals surface area contributed by atoms with Crippen LogP contribution in [0, 0.1) is 5.82 Å². The Bertz CT molecular complexity index is 1080. The Kier molecular flexibility index (Phi) is 5.99. The number of likely N-dealkylation sites (tertiary alicyclic amines) is 1. The third-order valence-corrected chi connectivity index (χ3v) is 6.25. The Labute approximate surface area is 178 Å². The summed E-state index contributed by atoms with van der Waals surface area (Å²) in [6.07, 6.45) is 5.16. The smallest absolute Gasteiger partial charge is 0.313 e. The van der Waals surface area contributed by atoms with Crippen LogP contribution in [0.5, 0.6) is 0 Å². The third kappa shape index (κ3) is 4.31. The lowest BCUT2D eigenvalue weighted by Crippen LogP contribution is -2.43. The van der Waals surface area contributed by atoms with Crippen molar-refractivity contribution in [3.63, 3.8) is 0 Å². The second kappa shape index (κ2) is 8.83. The van der Waals surface area contributed by atoms with Crippen LogP contribution in [0.1, 0.15) is 24.3 Å². The Morgan fingerprint density at radius 1 is 1.10 bits per heavy atom. The number of anilines is 1. The van der Waals surface area contributed by atoms with Crippen molar-refractivity contribution in [2.45, 2.75) is 23.7 Å². The molecule has 0 saturated carbocycles. The van der Waals surface area contributed by atoms with Gasteiger partial charge in [-0.3, -0.25) is 14.6 Å². The number of nitrogens with zero attached hydrogens (tertiary/aromatic N) is 2. The number of pyridine rings is 1. The third-order valence-electron chi connectivity index (χ3n) is 5.50. The summed E-state index contributed by atoms with van der Waals surface area (Å²) in [6, 6.07) is 13.9. The molecule has 2 heterocycles. The fraction of sp³-hybridized carbons (Fsp3) is 0.261. The molecule has 2 aromatic carbocycles. The van der Waals surface area contributed by atoms with E-state index < -0.39 is 11.8 Å². The molecule has 0 radical (unpaired) electrons. The van der Waals surface area contributed by atoms with Crippen molar-refractivity contribution >= 4 is 40.2 Å². The fourth-order valence-corrected chi connectivity index (χ4v) is 4.30. The minimum absolute atomic E-state index is 0.198. The quantitative estimate of drug-likeness (QED) is 0.500. The summed E-state index contributed by atoms with van der Waals surface area (Å²) < 4.78 is 13.7. The number of aromatic nitrogens is 1. The van der Waals surface area contributed by atoms with Crippen LogP contribution in [0.3, 0.4) is 0 Å². The molecule has 2 amide bonds.